The SMILES string of the molecule is CCCCCCOc1c(F)c(F)c([N+](=O)[O-])c(SCCC)c1F. The van der Waals surface area contributed by atoms with Crippen molar-refractivity contribution in [2.75, 3.05) is 12.4 Å². The number of hydrogen-bond acceptors (Lipinski definition) is 4. The summed E-state index contributed by atoms with van der Waals surface area (Å²) < 4.78 is 47.2. The number of benzene rings is 1. The molecule has 0 aromatic heterocycles. The molecule has 0 fully saturated rings. The van der Waals surface area contributed by atoms with Crippen molar-refractivity contribution in [2.45, 2.75) is 50.8 Å². The molecule has 0 saturated heterocycles. The van der Waals surface area contributed by atoms with Gasteiger partial charge in [0.15, 0.2) is 11.6 Å². The van der Waals surface area contributed by atoms with Crippen molar-refractivity contribution in [3.05, 3.63) is 27.6 Å². The fourth-order valence-corrected chi connectivity index (χ4v) is 2.86. The van der Waals surface area contributed by atoms with Crippen LogP contribution in [0.15, 0.2) is 4.90 Å². The van der Waals surface area contributed by atoms with E-state index >= 15 is 0 Å². The minimum absolute atomic E-state index is 0.0307. The molecule has 23 heavy (non-hydrogen) atoms. The van der Waals surface area contributed by atoms with E-state index in [-0.39, 0.29) is 6.61 Å². The van der Waals surface area contributed by atoms with Crippen LogP contribution < -0.4 is 4.74 Å². The number of nitrogens with zero attached hydrogens (tertiary/aromatic N) is 1. The highest BCUT2D eigenvalue weighted by Crippen LogP contribution is 2.41. The highest BCUT2D eigenvalue weighted by atomic mass is 32.2. The minimum atomic E-state index is -1.68. The first kappa shape index (κ1) is 19.6. The van der Waals surface area contributed by atoms with Gasteiger partial charge < -0.3 is 4.74 Å². The van der Waals surface area contributed by atoms with E-state index in [0.29, 0.717) is 18.6 Å². The van der Waals surface area contributed by atoms with Gasteiger partial charge in [-0.1, -0.05) is 33.1 Å². The third kappa shape index (κ3) is 5.02. The van der Waals surface area contributed by atoms with Crippen LogP contribution in [0.2, 0.25) is 0 Å². The van der Waals surface area contributed by atoms with Crippen molar-refractivity contribution >= 4 is 17.4 Å². The molecule has 4 nitrogen and oxygen atoms in total. The number of nitro benzene ring substituents is 1. The summed E-state index contributed by atoms with van der Waals surface area (Å²) in [7, 11) is 0. The van der Waals surface area contributed by atoms with Crippen LogP contribution in [-0.2, 0) is 0 Å². The van der Waals surface area contributed by atoms with Crippen molar-refractivity contribution in [2.24, 2.45) is 0 Å². The molecular formula is C15H20F3NO3S. The lowest BCUT2D eigenvalue weighted by Crippen LogP contribution is -2.08. The number of hydrogen-bond donors (Lipinski definition) is 0. The lowest BCUT2D eigenvalue weighted by Gasteiger charge is -2.12. The van der Waals surface area contributed by atoms with Crippen LogP contribution >= 0.6 is 11.8 Å². The Bertz CT molecular complexity index is 556. The van der Waals surface area contributed by atoms with Crippen LogP contribution in [0.3, 0.4) is 0 Å². The number of unbranched alkanes of at least 4 members (excludes halogenated alkanes) is 3. The zero-order chi connectivity index (χ0) is 17.4. The quantitative estimate of drug-likeness (QED) is 0.184. The Morgan fingerprint density at radius 2 is 1.74 bits per heavy atom. The number of ether oxygens (including phenoxy) is 1. The van der Waals surface area contributed by atoms with Crippen molar-refractivity contribution in [1.82, 2.24) is 0 Å². The molecule has 0 bridgehead atoms. The van der Waals surface area contributed by atoms with Crippen LogP contribution in [0.25, 0.3) is 0 Å². The molecule has 0 heterocycles. The third-order valence-corrected chi connectivity index (χ3v) is 4.36. The maximum absolute atomic E-state index is 14.4. The van der Waals surface area contributed by atoms with E-state index in [0.717, 1.165) is 31.0 Å². The lowest BCUT2D eigenvalue weighted by molar-refractivity contribution is -0.391. The highest BCUT2D eigenvalue weighted by Gasteiger charge is 2.33. The number of rotatable bonds is 10. The molecule has 1 aromatic carbocycles. The standard InChI is InChI=1S/C15H20F3NO3S/c1-3-5-6-7-8-22-14-11(17)10(16)13(19(20)21)15(12(14)18)23-9-4-2/h3-9H2,1-2H3. The normalized spacial score (nSPS) is 10.8. The largest absolute Gasteiger partial charge is 0.488 e. The van der Waals surface area contributed by atoms with E-state index in [2.05, 4.69) is 0 Å². The average Bonchev–Trinajstić information content (AvgIpc) is 2.51. The predicted molar refractivity (Wildman–Crippen MR) is 83.6 cm³/mol. The molecule has 0 amide bonds. The van der Waals surface area contributed by atoms with Crippen LogP contribution in [0.4, 0.5) is 18.9 Å². The summed E-state index contributed by atoms with van der Waals surface area (Å²) in [6.07, 6.45) is 3.95. The van der Waals surface area contributed by atoms with Crippen molar-refractivity contribution < 1.29 is 22.8 Å². The summed E-state index contributed by atoms with van der Waals surface area (Å²) in [4.78, 5) is 9.31. The summed E-state index contributed by atoms with van der Waals surface area (Å²) in [6.45, 7) is 3.84. The van der Waals surface area contributed by atoms with E-state index in [9.17, 15) is 23.3 Å². The van der Waals surface area contributed by atoms with Gasteiger partial charge in [0.1, 0.15) is 4.90 Å². The molecule has 0 aliphatic rings. The first-order valence-electron chi connectivity index (χ1n) is 7.56. The van der Waals surface area contributed by atoms with Gasteiger partial charge in [-0.15, -0.1) is 11.8 Å². The van der Waals surface area contributed by atoms with Crippen LogP contribution in [0.5, 0.6) is 5.75 Å². The van der Waals surface area contributed by atoms with Gasteiger partial charge in [0.2, 0.25) is 11.6 Å². The monoisotopic (exact) mass is 351 g/mol. The summed E-state index contributed by atoms with van der Waals surface area (Å²) >= 11 is 0.783. The Morgan fingerprint density at radius 1 is 1.04 bits per heavy atom. The van der Waals surface area contributed by atoms with Crippen LogP contribution in [0.1, 0.15) is 46.0 Å². The summed E-state index contributed by atoms with van der Waals surface area (Å²) in [6, 6.07) is 0. The molecule has 8 heteroatoms. The lowest BCUT2D eigenvalue weighted by atomic mass is 10.2. The van der Waals surface area contributed by atoms with E-state index in [1.807, 2.05) is 6.92 Å². The molecule has 1 rings (SSSR count). The summed E-state index contributed by atoms with van der Waals surface area (Å²) in [5.74, 6) is -5.06. The van der Waals surface area contributed by atoms with Crippen molar-refractivity contribution in [3.63, 3.8) is 0 Å². The second-order valence-electron chi connectivity index (χ2n) is 4.96. The zero-order valence-corrected chi connectivity index (χ0v) is 14.0. The molecule has 1 aromatic rings. The maximum atomic E-state index is 14.4. The van der Waals surface area contributed by atoms with Gasteiger partial charge in [-0.25, -0.2) is 4.39 Å². The number of nitro groups is 1. The molecule has 0 atom stereocenters. The van der Waals surface area contributed by atoms with Gasteiger partial charge in [-0.05, 0) is 18.6 Å². The second-order valence-corrected chi connectivity index (χ2v) is 6.07. The van der Waals surface area contributed by atoms with Crippen LogP contribution in [-0.4, -0.2) is 17.3 Å². The van der Waals surface area contributed by atoms with E-state index in [1.165, 1.54) is 0 Å². The zero-order valence-electron chi connectivity index (χ0n) is 13.2. The first-order valence-corrected chi connectivity index (χ1v) is 8.54. The Kier molecular flexibility index (Phi) is 8.22. The molecule has 0 aliphatic heterocycles. The number of thioether (sulfide) groups is 1. The molecule has 0 spiro atoms. The van der Waals surface area contributed by atoms with Gasteiger partial charge in [-0.3, -0.25) is 10.1 Å². The second kappa shape index (κ2) is 9.64. The van der Waals surface area contributed by atoms with Gasteiger partial charge in [0.25, 0.3) is 0 Å². The molecule has 0 saturated carbocycles. The topological polar surface area (TPSA) is 52.4 Å². The van der Waals surface area contributed by atoms with Gasteiger partial charge in [-0.2, -0.15) is 8.78 Å². The van der Waals surface area contributed by atoms with Gasteiger partial charge in [0.05, 0.1) is 11.5 Å². The summed E-state index contributed by atoms with van der Waals surface area (Å²) in [5.41, 5.74) is -1.17. The molecule has 0 aliphatic carbocycles. The summed E-state index contributed by atoms with van der Waals surface area (Å²) in [5, 5.41) is 10.9. The Labute approximate surface area is 137 Å². The number of halogens is 3. The predicted octanol–water partition coefficient (Wildman–Crippen LogP) is 5.47. The average molecular weight is 351 g/mol. The maximum Gasteiger partial charge on any atom is 0.324 e. The van der Waals surface area contributed by atoms with Gasteiger partial charge >= 0.3 is 5.69 Å². The first-order chi connectivity index (χ1) is 11.0. The molecule has 0 unspecified atom stereocenters. The van der Waals surface area contributed by atoms with Crippen molar-refractivity contribution in [1.29, 1.82) is 0 Å². The fraction of sp³-hybridized carbons (Fsp3) is 0.600. The molecular weight excluding hydrogens is 331 g/mol. The van der Waals surface area contributed by atoms with E-state index < -0.39 is 38.7 Å². The Hall–Kier alpha value is -1.44. The minimum Gasteiger partial charge on any atom is -0.488 e. The van der Waals surface area contributed by atoms with Gasteiger partial charge in [0, 0.05) is 0 Å². The molecule has 0 N–H and O–H groups in total. The molecule has 0 radical (unpaired) electrons. The molecule has 130 valence electrons. The van der Waals surface area contributed by atoms with Crippen LogP contribution in [0, 0.1) is 27.6 Å². The Balaban J connectivity index is 3.10. The third-order valence-electron chi connectivity index (χ3n) is 3.09. The fourth-order valence-electron chi connectivity index (χ4n) is 1.94. The van der Waals surface area contributed by atoms with E-state index in [1.54, 1.807) is 6.92 Å². The Morgan fingerprint density at radius 3 is 2.30 bits per heavy atom. The van der Waals surface area contributed by atoms with E-state index in [4.69, 9.17) is 4.74 Å². The smallest absolute Gasteiger partial charge is 0.324 e. The highest BCUT2D eigenvalue weighted by molar-refractivity contribution is 7.99. The van der Waals surface area contributed by atoms with Crippen molar-refractivity contribution in [3.8, 4) is 5.75 Å².